The van der Waals surface area contributed by atoms with Gasteiger partial charge >= 0.3 is 0 Å². The summed E-state index contributed by atoms with van der Waals surface area (Å²) in [5, 5.41) is 6.19. The predicted molar refractivity (Wildman–Crippen MR) is 210 cm³/mol. The van der Waals surface area contributed by atoms with Gasteiger partial charge in [-0.3, -0.25) is 13.8 Å². The first-order valence-electron chi connectivity index (χ1n) is 20.2. The molecule has 10 heteroatoms. The summed E-state index contributed by atoms with van der Waals surface area (Å²) >= 11 is 0. The third kappa shape index (κ3) is 44.3. The van der Waals surface area contributed by atoms with Gasteiger partial charge in [-0.25, -0.2) is 8.42 Å². The zero-order valence-corrected chi connectivity index (χ0v) is 33.9. The number of carbonyl (C=O) groups excluding carboxylic acids is 2. The van der Waals surface area contributed by atoms with E-state index in [9.17, 15) is 22.6 Å². The average Bonchev–Trinajstić information content (AvgIpc) is 3.05. The maximum atomic E-state index is 12.2. The van der Waals surface area contributed by atoms with Crippen LogP contribution >= 0.6 is 0 Å². The molecular weight excluding hydrogens is 651 g/mol. The molecule has 0 atom stereocenters. The summed E-state index contributed by atoms with van der Waals surface area (Å²) in [6, 6.07) is 0. The quantitative estimate of drug-likeness (QED) is 0.0224. The molecule has 2 amide bonds. The number of carbonyl (C=O) groups is 2. The molecule has 0 aromatic heterocycles. The van der Waals surface area contributed by atoms with Crippen LogP contribution in [0.5, 0.6) is 0 Å². The van der Waals surface area contributed by atoms with Crippen molar-refractivity contribution in [3.8, 4) is 0 Å². The van der Waals surface area contributed by atoms with E-state index in [0.717, 1.165) is 43.3 Å². The Kier molecular flexibility index (Phi) is 37.3. The van der Waals surface area contributed by atoms with E-state index in [2.05, 4.69) is 67.1 Å². The molecule has 0 saturated carbocycles. The minimum absolute atomic E-state index is 0.0914. The van der Waals surface area contributed by atoms with Crippen molar-refractivity contribution in [1.82, 2.24) is 10.6 Å². The van der Waals surface area contributed by atoms with Gasteiger partial charge in [-0.1, -0.05) is 115 Å². The van der Waals surface area contributed by atoms with Crippen LogP contribution in [0.15, 0.2) is 24.3 Å². The Hall–Kier alpha value is -1.75. The van der Waals surface area contributed by atoms with Crippen molar-refractivity contribution in [1.29, 1.82) is 0 Å². The van der Waals surface area contributed by atoms with Crippen molar-refractivity contribution in [3.05, 3.63) is 24.3 Å². The Morgan fingerprint density at radius 1 is 0.560 bits per heavy atom. The number of quaternary nitrogens is 1. The van der Waals surface area contributed by atoms with Crippen LogP contribution in [0.25, 0.3) is 0 Å². The minimum atomic E-state index is -4.42. The zero-order valence-electron chi connectivity index (χ0n) is 33.1. The largest absolute Gasteiger partial charge is 0.726 e. The zero-order chi connectivity index (χ0) is 37.6. The van der Waals surface area contributed by atoms with Gasteiger partial charge in [0.15, 0.2) is 0 Å². The van der Waals surface area contributed by atoms with Gasteiger partial charge in [0.1, 0.15) is 0 Å². The number of nitrogens with zero attached hydrogens (tertiary/aromatic N) is 1. The summed E-state index contributed by atoms with van der Waals surface area (Å²) in [5.41, 5.74) is 0. The van der Waals surface area contributed by atoms with Crippen LogP contribution < -0.4 is 10.6 Å². The Morgan fingerprint density at radius 3 is 1.18 bits per heavy atom. The summed E-state index contributed by atoms with van der Waals surface area (Å²) in [7, 11) is -0.0876. The molecule has 50 heavy (non-hydrogen) atoms. The highest BCUT2D eigenvalue weighted by Crippen LogP contribution is 2.10. The molecule has 0 aromatic rings. The third-order valence-electron chi connectivity index (χ3n) is 8.67. The van der Waals surface area contributed by atoms with E-state index >= 15 is 0 Å². The number of likely N-dealkylation sites (N-methyl/N-ethyl adjacent to an activating group) is 1. The summed E-state index contributed by atoms with van der Waals surface area (Å²) in [5.74, 6) is 0.349. The second kappa shape index (κ2) is 37.0. The lowest BCUT2D eigenvalue weighted by Crippen LogP contribution is -2.49. The molecule has 0 heterocycles. The first-order valence-corrected chi connectivity index (χ1v) is 21.6. The molecule has 0 fully saturated rings. The molecule has 9 nitrogen and oxygen atoms in total. The normalized spacial score (nSPS) is 12.0. The Balaban J connectivity index is 0. The van der Waals surface area contributed by atoms with E-state index in [-0.39, 0.29) is 18.4 Å². The molecule has 2 N–H and O–H groups in total. The molecule has 0 aliphatic rings. The van der Waals surface area contributed by atoms with Gasteiger partial charge in [0.25, 0.3) is 0 Å². The molecule has 0 spiro atoms. The second-order valence-corrected chi connectivity index (χ2v) is 15.2. The lowest BCUT2D eigenvalue weighted by Gasteiger charge is -2.30. The molecular formula is C40H79N3O6S. The van der Waals surface area contributed by atoms with Crippen molar-refractivity contribution >= 4 is 22.2 Å². The van der Waals surface area contributed by atoms with Crippen LogP contribution in [0.3, 0.4) is 0 Å². The topological polar surface area (TPSA) is 125 Å². The summed E-state index contributed by atoms with van der Waals surface area (Å²) in [6.07, 6.45) is 38.1. The molecule has 296 valence electrons. The van der Waals surface area contributed by atoms with E-state index in [4.69, 9.17) is 0 Å². The van der Waals surface area contributed by atoms with Crippen molar-refractivity contribution in [3.63, 3.8) is 0 Å². The minimum Gasteiger partial charge on any atom is -0.726 e. The lowest BCUT2D eigenvalue weighted by atomic mass is 10.1. The molecule has 0 aromatic carbocycles. The molecule has 0 saturated heterocycles. The molecule has 0 radical (unpaired) electrons. The second-order valence-electron chi connectivity index (χ2n) is 14.2. The molecule has 0 unspecified atom stereocenters. The fourth-order valence-electron chi connectivity index (χ4n) is 5.43. The maximum absolute atomic E-state index is 12.2. The maximum Gasteiger partial charge on any atom is 0.220 e. The van der Waals surface area contributed by atoms with Crippen molar-refractivity contribution in [2.45, 2.75) is 175 Å². The number of hydrogen-bond donors (Lipinski definition) is 2. The molecule has 0 rings (SSSR count). The fourth-order valence-corrected chi connectivity index (χ4v) is 5.72. The Morgan fingerprint density at radius 2 is 0.880 bits per heavy atom. The van der Waals surface area contributed by atoms with Crippen molar-refractivity contribution in [2.24, 2.45) is 0 Å². The van der Waals surface area contributed by atoms with E-state index in [1.165, 1.54) is 122 Å². The highest BCUT2D eigenvalue weighted by Gasteiger charge is 2.15. The SMILES string of the molecule is CCCCCC/C=C\CCCCCCCC(=O)NCC[N+](C)(C)CCNC(=O)CCCCCCC/C=C\CCCCCC.CCOS(=O)(=O)[O-]. The summed E-state index contributed by atoms with van der Waals surface area (Å²) in [4.78, 5) is 24.4. The van der Waals surface area contributed by atoms with E-state index < -0.39 is 10.4 Å². The number of nitrogens with one attached hydrogen (secondary N) is 2. The van der Waals surface area contributed by atoms with E-state index in [0.29, 0.717) is 25.9 Å². The average molecular weight is 730 g/mol. The van der Waals surface area contributed by atoms with Crippen LogP contribution in [0.1, 0.15) is 175 Å². The molecule has 0 bridgehead atoms. The first kappa shape index (κ1) is 50.4. The van der Waals surface area contributed by atoms with Gasteiger partial charge in [0, 0.05) is 12.8 Å². The van der Waals surface area contributed by atoms with Crippen molar-refractivity contribution < 1.29 is 31.2 Å². The fraction of sp³-hybridized carbons (Fsp3) is 0.850. The van der Waals surface area contributed by atoms with Crippen LogP contribution in [0.4, 0.5) is 0 Å². The number of hydrogen-bond acceptors (Lipinski definition) is 6. The molecule has 0 aliphatic heterocycles. The number of rotatable bonds is 34. The third-order valence-corrected chi connectivity index (χ3v) is 9.20. The summed E-state index contributed by atoms with van der Waals surface area (Å²) in [6.45, 7) is 8.99. The van der Waals surface area contributed by atoms with Gasteiger partial charge in [-0.2, -0.15) is 0 Å². The van der Waals surface area contributed by atoms with Crippen LogP contribution in [0.2, 0.25) is 0 Å². The standard InChI is InChI=1S/C38H73N3O2.C2H6O4S/c1-5-7-9-11-13-15-17-19-21-23-25-27-29-31-37(42)39-33-35-41(3,4)36-34-40-38(43)32-30-28-26-24-22-20-18-16-14-12-10-8-6-2;1-2-6-7(3,4)5/h15-18H,5-14,19-36H2,1-4H3,(H-,39,40,42,43);2H2,1H3,(H,3,4,5)/b17-15-,18-16-;. The van der Waals surface area contributed by atoms with Gasteiger partial charge in [-0.05, 0) is 71.1 Å². The Bertz CT molecular complexity index is 881. The van der Waals surface area contributed by atoms with Crippen LogP contribution in [-0.2, 0) is 24.2 Å². The number of unbranched alkanes of at least 4 members (excludes halogenated alkanes) is 18. The number of allylic oxidation sites excluding steroid dienone is 4. The van der Waals surface area contributed by atoms with Gasteiger partial charge < -0.3 is 19.7 Å². The van der Waals surface area contributed by atoms with E-state index in [1.54, 1.807) is 0 Å². The van der Waals surface area contributed by atoms with Gasteiger partial charge in [0.2, 0.25) is 22.2 Å². The van der Waals surface area contributed by atoms with Crippen molar-refractivity contribution in [2.75, 3.05) is 46.9 Å². The predicted octanol–water partition coefficient (Wildman–Crippen LogP) is 9.29. The number of amides is 2. The van der Waals surface area contributed by atoms with Crippen LogP contribution in [0, 0.1) is 0 Å². The van der Waals surface area contributed by atoms with Gasteiger partial charge in [0.05, 0.1) is 46.9 Å². The lowest BCUT2D eigenvalue weighted by molar-refractivity contribution is -0.887. The molecule has 0 aliphatic carbocycles. The first-order chi connectivity index (χ1) is 24.0. The smallest absolute Gasteiger partial charge is 0.220 e. The van der Waals surface area contributed by atoms with E-state index in [1.807, 2.05) is 0 Å². The Labute approximate surface area is 309 Å². The van der Waals surface area contributed by atoms with Gasteiger partial charge in [-0.15, -0.1) is 0 Å². The highest BCUT2D eigenvalue weighted by molar-refractivity contribution is 7.80. The summed E-state index contributed by atoms with van der Waals surface area (Å²) < 4.78 is 32.8. The monoisotopic (exact) mass is 730 g/mol. The highest BCUT2D eigenvalue weighted by atomic mass is 32.3. The van der Waals surface area contributed by atoms with Crippen LogP contribution in [-0.4, -0.2) is 76.1 Å².